The van der Waals surface area contributed by atoms with Gasteiger partial charge in [0.15, 0.2) is 0 Å². The molecule has 4 nitrogen and oxygen atoms in total. The number of pyridine rings is 1. The maximum atomic E-state index is 12.3. The first-order valence-corrected chi connectivity index (χ1v) is 9.99. The molecule has 0 aliphatic heterocycles. The van der Waals surface area contributed by atoms with Gasteiger partial charge in [0, 0.05) is 32.9 Å². The molecule has 0 saturated carbocycles. The van der Waals surface area contributed by atoms with Crippen molar-refractivity contribution in [2.24, 2.45) is 7.05 Å². The van der Waals surface area contributed by atoms with Crippen molar-refractivity contribution in [3.8, 4) is 0 Å². The molecule has 0 radical (unpaired) electrons. The molecule has 0 unspecified atom stereocenters. The molecule has 1 amide bonds. The number of nitrogens with zero attached hydrogens (tertiary/aromatic N) is 1. The Balaban J connectivity index is 1.80. The fraction of sp³-hybridized carbons (Fsp3) is 0.158. The van der Waals surface area contributed by atoms with Crippen LogP contribution < -0.4 is 10.9 Å². The molecule has 0 aliphatic carbocycles. The maximum Gasteiger partial charge on any atom is 0.251 e. The third-order valence-electron chi connectivity index (χ3n) is 3.93. The second-order valence-electron chi connectivity index (χ2n) is 5.89. The van der Waals surface area contributed by atoms with Gasteiger partial charge in [0.1, 0.15) is 0 Å². The lowest BCUT2D eigenvalue weighted by Crippen LogP contribution is -2.17. The van der Waals surface area contributed by atoms with Crippen molar-refractivity contribution < 1.29 is 4.79 Å². The van der Waals surface area contributed by atoms with Gasteiger partial charge >= 0.3 is 0 Å². The van der Waals surface area contributed by atoms with Crippen molar-refractivity contribution in [3.05, 3.63) is 67.9 Å². The number of hydrogen-bond acceptors (Lipinski definition) is 3. The van der Waals surface area contributed by atoms with Gasteiger partial charge in [-0.3, -0.25) is 9.59 Å². The molecule has 0 spiro atoms. The maximum absolute atomic E-state index is 12.3. The number of carbonyl (C=O) groups excluding carboxylic acids is 1. The van der Waals surface area contributed by atoms with E-state index in [0.717, 1.165) is 31.5 Å². The molecule has 1 heterocycles. The number of benzene rings is 2. The van der Waals surface area contributed by atoms with Crippen molar-refractivity contribution in [2.45, 2.75) is 11.8 Å². The quantitative estimate of drug-likeness (QED) is 0.568. The average Bonchev–Trinajstić information content (AvgIpc) is 2.59. The summed E-state index contributed by atoms with van der Waals surface area (Å²) in [6, 6.07) is 12.7. The molecule has 0 saturated heterocycles. The molecule has 1 N–H and O–H groups in total. The van der Waals surface area contributed by atoms with Crippen molar-refractivity contribution >= 4 is 61.8 Å². The lowest BCUT2D eigenvalue weighted by atomic mass is 10.2. The second-order valence-corrected chi connectivity index (χ2v) is 8.20. The monoisotopic (exact) mass is 450 g/mol. The molecule has 0 fully saturated rings. The van der Waals surface area contributed by atoms with Crippen LogP contribution in [0.1, 0.15) is 5.56 Å². The standard InChI is InChI=1S/C19H16BrClN2O2S/c1-11-3-6-15(14(20)7-11)22-18(24)10-26-17-9-19(25)23(2)16-8-12(21)4-5-13(16)17/h3-9H,10H2,1-2H3,(H,22,24). The van der Waals surface area contributed by atoms with E-state index in [0.29, 0.717) is 5.02 Å². The number of amides is 1. The van der Waals surface area contributed by atoms with E-state index in [9.17, 15) is 9.59 Å². The fourth-order valence-electron chi connectivity index (χ4n) is 2.57. The summed E-state index contributed by atoms with van der Waals surface area (Å²) in [5.41, 5.74) is 2.44. The smallest absolute Gasteiger partial charge is 0.251 e. The number of rotatable bonds is 4. The van der Waals surface area contributed by atoms with Crippen molar-refractivity contribution in [1.82, 2.24) is 4.57 Å². The van der Waals surface area contributed by atoms with Gasteiger partial charge in [-0.25, -0.2) is 0 Å². The van der Waals surface area contributed by atoms with Gasteiger partial charge in [-0.05, 0) is 52.7 Å². The Morgan fingerprint density at radius 1 is 1.23 bits per heavy atom. The first-order valence-electron chi connectivity index (χ1n) is 7.83. The van der Waals surface area contributed by atoms with Crippen LogP contribution in [0.5, 0.6) is 0 Å². The second kappa shape index (κ2) is 7.86. The number of nitrogens with one attached hydrogen (secondary N) is 1. The molecular formula is C19H16BrClN2O2S. The molecule has 3 aromatic rings. The summed E-state index contributed by atoms with van der Waals surface area (Å²) in [4.78, 5) is 25.2. The summed E-state index contributed by atoms with van der Waals surface area (Å²) in [6.45, 7) is 1.99. The van der Waals surface area contributed by atoms with E-state index < -0.39 is 0 Å². The van der Waals surface area contributed by atoms with Crippen molar-refractivity contribution in [3.63, 3.8) is 0 Å². The highest BCUT2D eigenvalue weighted by molar-refractivity contribution is 9.10. The van der Waals surface area contributed by atoms with Crippen LogP contribution in [0.2, 0.25) is 5.02 Å². The zero-order chi connectivity index (χ0) is 18.8. The van der Waals surface area contributed by atoms with Crippen LogP contribution in [0.15, 0.2) is 56.6 Å². The Morgan fingerprint density at radius 3 is 2.73 bits per heavy atom. The highest BCUT2D eigenvalue weighted by Gasteiger charge is 2.11. The minimum absolute atomic E-state index is 0.135. The molecule has 0 aliphatic rings. The predicted molar refractivity (Wildman–Crippen MR) is 112 cm³/mol. The summed E-state index contributed by atoms with van der Waals surface area (Å²) in [7, 11) is 1.71. The number of aryl methyl sites for hydroxylation is 2. The van der Waals surface area contributed by atoms with Gasteiger partial charge < -0.3 is 9.88 Å². The van der Waals surface area contributed by atoms with Crippen LogP contribution in [-0.4, -0.2) is 16.2 Å². The molecule has 2 aromatic carbocycles. The van der Waals surface area contributed by atoms with Gasteiger partial charge in [-0.15, -0.1) is 11.8 Å². The lowest BCUT2D eigenvalue weighted by Gasteiger charge is -2.11. The van der Waals surface area contributed by atoms with Crippen LogP contribution in [0, 0.1) is 6.92 Å². The van der Waals surface area contributed by atoms with Gasteiger partial charge in [-0.2, -0.15) is 0 Å². The summed E-state index contributed by atoms with van der Waals surface area (Å²) in [6.07, 6.45) is 0. The topological polar surface area (TPSA) is 51.1 Å². The van der Waals surface area contributed by atoms with Crippen molar-refractivity contribution in [1.29, 1.82) is 0 Å². The van der Waals surface area contributed by atoms with Crippen LogP contribution >= 0.6 is 39.3 Å². The Labute approximate surface area is 168 Å². The van der Waals surface area contributed by atoms with E-state index in [1.165, 1.54) is 11.8 Å². The molecule has 26 heavy (non-hydrogen) atoms. The van der Waals surface area contributed by atoms with Crippen LogP contribution in [0.4, 0.5) is 5.69 Å². The zero-order valence-corrected chi connectivity index (χ0v) is 17.3. The molecule has 7 heteroatoms. The number of anilines is 1. The van der Waals surface area contributed by atoms with Crippen LogP contribution in [-0.2, 0) is 11.8 Å². The number of halogens is 2. The Morgan fingerprint density at radius 2 is 2.00 bits per heavy atom. The number of thioether (sulfide) groups is 1. The van der Waals surface area contributed by atoms with Crippen LogP contribution in [0.3, 0.4) is 0 Å². The number of carbonyl (C=O) groups is 1. The minimum atomic E-state index is -0.137. The fourth-order valence-corrected chi connectivity index (χ4v) is 4.20. The summed E-state index contributed by atoms with van der Waals surface area (Å²) in [5, 5.41) is 4.34. The van der Waals surface area contributed by atoms with E-state index in [2.05, 4.69) is 21.2 Å². The summed E-state index contributed by atoms with van der Waals surface area (Å²) >= 11 is 10.8. The average molecular weight is 452 g/mol. The van der Waals surface area contributed by atoms with Gasteiger partial charge in [0.25, 0.3) is 5.56 Å². The highest BCUT2D eigenvalue weighted by Crippen LogP contribution is 2.29. The van der Waals surface area contributed by atoms with Gasteiger partial charge in [-0.1, -0.05) is 23.7 Å². The van der Waals surface area contributed by atoms with Gasteiger partial charge in [0.05, 0.1) is 17.0 Å². The molecule has 0 bridgehead atoms. The normalized spacial score (nSPS) is 10.9. The largest absolute Gasteiger partial charge is 0.324 e. The van der Waals surface area contributed by atoms with Gasteiger partial charge in [0.2, 0.25) is 5.91 Å². The number of fused-ring (bicyclic) bond motifs is 1. The molecule has 0 atom stereocenters. The molecule has 1 aromatic heterocycles. The number of hydrogen-bond donors (Lipinski definition) is 1. The summed E-state index contributed by atoms with van der Waals surface area (Å²) in [5.74, 6) is 0.0629. The Kier molecular flexibility index (Phi) is 5.75. The first kappa shape index (κ1) is 19.0. The number of aromatic nitrogens is 1. The molecule has 134 valence electrons. The predicted octanol–water partition coefficient (Wildman–Crippen LogP) is 4.99. The van der Waals surface area contributed by atoms with Crippen LogP contribution in [0.25, 0.3) is 10.9 Å². The van der Waals surface area contributed by atoms with E-state index in [4.69, 9.17) is 11.6 Å². The first-order chi connectivity index (χ1) is 12.3. The SMILES string of the molecule is Cc1ccc(NC(=O)CSc2cc(=O)n(C)c3cc(Cl)ccc23)c(Br)c1. The lowest BCUT2D eigenvalue weighted by molar-refractivity contribution is -0.113. The van der Waals surface area contributed by atoms with Crippen molar-refractivity contribution in [2.75, 3.05) is 11.1 Å². The molecular weight excluding hydrogens is 436 g/mol. The zero-order valence-electron chi connectivity index (χ0n) is 14.2. The third-order valence-corrected chi connectivity index (χ3v) is 5.88. The summed E-state index contributed by atoms with van der Waals surface area (Å²) < 4.78 is 2.39. The minimum Gasteiger partial charge on any atom is -0.324 e. The van der Waals surface area contributed by atoms with E-state index in [1.807, 2.05) is 31.2 Å². The third kappa shape index (κ3) is 4.14. The van der Waals surface area contributed by atoms with E-state index in [-0.39, 0.29) is 17.2 Å². The molecule has 3 rings (SSSR count). The Hall–Kier alpha value is -1.76. The Bertz CT molecular complexity index is 1070. The highest BCUT2D eigenvalue weighted by atomic mass is 79.9. The van der Waals surface area contributed by atoms with E-state index >= 15 is 0 Å². The van der Waals surface area contributed by atoms with E-state index in [1.54, 1.807) is 29.8 Å².